The van der Waals surface area contributed by atoms with Crippen molar-refractivity contribution in [3.05, 3.63) is 51.2 Å². The van der Waals surface area contributed by atoms with E-state index in [0.717, 1.165) is 12.7 Å². The number of hydrogen-bond acceptors (Lipinski definition) is 4. The Hall–Kier alpha value is -1.57. The Bertz CT molecular complexity index is 789. The number of thiophene rings is 1. The van der Waals surface area contributed by atoms with Crippen molar-refractivity contribution in [2.24, 2.45) is 0 Å². The van der Waals surface area contributed by atoms with Gasteiger partial charge in [-0.05, 0) is 53.9 Å². The number of rotatable bonds is 6. The van der Waals surface area contributed by atoms with Gasteiger partial charge in [0.1, 0.15) is 0 Å². The maximum atomic E-state index is 12.3. The number of carbonyl (C=O) groups excluding carboxylic acids is 1. The molecule has 0 fully saturated rings. The molecule has 2 aromatic rings. The summed E-state index contributed by atoms with van der Waals surface area (Å²) in [5.41, 5.74) is 1.70. The van der Waals surface area contributed by atoms with Crippen molar-refractivity contribution < 1.29 is 13.2 Å². The largest absolute Gasteiger partial charge is 0.349 e. The van der Waals surface area contributed by atoms with Gasteiger partial charge in [-0.25, -0.2) is 8.42 Å². The summed E-state index contributed by atoms with van der Waals surface area (Å²) in [5.74, 6) is -0.277. The van der Waals surface area contributed by atoms with Gasteiger partial charge in [-0.3, -0.25) is 9.52 Å². The molecular formula is C15H17ClN2O3S2. The molecule has 23 heavy (non-hydrogen) atoms. The van der Waals surface area contributed by atoms with Crippen LogP contribution in [0.4, 0.5) is 5.69 Å². The lowest BCUT2D eigenvalue weighted by molar-refractivity contribution is 0.0940. The Morgan fingerprint density at radius 3 is 2.70 bits per heavy atom. The molecule has 0 saturated carbocycles. The van der Waals surface area contributed by atoms with Crippen LogP contribution in [-0.2, 0) is 16.4 Å². The molecule has 0 bridgehead atoms. The highest BCUT2D eigenvalue weighted by Gasteiger charge is 2.14. The molecule has 2 N–H and O–H groups in total. The zero-order valence-corrected chi connectivity index (χ0v) is 15.1. The molecule has 2 rings (SSSR count). The van der Waals surface area contributed by atoms with E-state index < -0.39 is 10.0 Å². The Balaban J connectivity index is 2.08. The van der Waals surface area contributed by atoms with Crippen LogP contribution < -0.4 is 10.0 Å². The summed E-state index contributed by atoms with van der Waals surface area (Å²) in [4.78, 5) is 12.3. The van der Waals surface area contributed by atoms with E-state index in [1.54, 1.807) is 17.4 Å². The molecule has 0 aliphatic carbocycles. The van der Waals surface area contributed by atoms with E-state index in [1.165, 1.54) is 17.7 Å². The van der Waals surface area contributed by atoms with Crippen molar-refractivity contribution in [1.82, 2.24) is 5.32 Å². The SMILES string of the molecule is C[C@@H](Cc1ccsc1)NC(=O)c1ccc(Cl)c(NS(C)(=O)=O)c1. The third-order valence-electron chi connectivity index (χ3n) is 3.02. The summed E-state index contributed by atoms with van der Waals surface area (Å²) >= 11 is 7.56. The number of sulfonamides is 1. The number of anilines is 1. The highest BCUT2D eigenvalue weighted by molar-refractivity contribution is 7.92. The maximum absolute atomic E-state index is 12.3. The fraction of sp³-hybridized carbons (Fsp3) is 0.267. The zero-order valence-electron chi connectivity index (χ0n) is 12.7. The Labute approximate surface area is 144 Å². The fourth-order valence-electron chi connectivity index (χ4n) is 2.06. The Morgan fingerprint density at radius 2 is 2.09 bits per heavy atom. The maximum Gasteiger partial charge on any atom is 0.251 e. The van der Waals surface area contributed by atoms with E-state index in [9.17, 15) is 13.2 Å². The first-order chi connectivity index (χ1) is 10.7. The second-order valence-electron chi connectivity index (χ2n) is 5.28. The van der Waals surface area contributed by atoms with Gasteiger partial charge < -0.3 is 5.32 Å². The molecule has 1 aromatic carbocycles. The third-order valence-corrected chi connectivity index (χ3v) is 4.68. The van der Waals surface area contributed by atoms with Gasteiger partial charge in [0.2, 0.25) is 10.0 Å². The molecule has 1 amide bonds. The minimum absolute atomic E-state index is 0.0425. The van der Waals surface area contributed by atoms with Crippen LogP contribution in [0.5, 0.6) is 0 Å². The molecule has 124 valence electrons. The van der Waals surface area contributed by atoms with E-state index in [0.29, 0.717) is 5.56 Å². The van der Waals surface area contributed by atoms with Gasteiger partial charge in [-0.1, -0.05) is 11.6 Å². The fourth-order valence-corrected chi connectivity index (χ4v) is 3.54. The first-order valence-corrected chi connectivity index (χ1v) is 10.0. The minimum Gasteiger partial charge on any atom is -0.349 e. The van der Waals surface area contributed by atoms with Crippen LogP contribution in [0.25, 0.3) is 0 Å². The van der Waals surface area contributed by atoms with Crippen molar-refractivity contribution in [1.29, 1.82) is 0 Å². The van der Waals surface area contributed by atoms with E-state index in [4.69, 9.17) is 11.6 Å². The average molecular weight is 373 g/mol. The number of hydrogen-bond donors (Lipinski definition) is 2. The molecule has 0 spiro atoms. The highest BCUT2D eigenvalue weighted by Crippen LogP contribution is 2.24. The summed E-state index contributed by atoms with van der Waals surface area (Å²) in [6.45, 7) is 1.92. The predicted octanol–water partition coefficient (Wildman–Crippen LogP) is 3.13. The van der Waals surface area contributed by atoms with Gasteiger partial charge in [0, 0.05) is 11.6 Å². The van der Waals surface area contributed by atoms with E-state index in [1.807, 2.05) is 23.8 Å². The predicted molar refractivity (Wildman–Crippen MR) is 94.9 cm³/mol. The molecule has 1 atom stereocenters. The molecular weight excluding hydrogens is 356 g/mol. The molecule has 0 aliphatic rings. The summed E-state index contributed by atoms with van der Waals surface area (Å²) in [5, 5.41) is 7.16. The van der Waals surface area contributed by atoms with Gasteiger partial charge in [-0.2, -0.15) is 11.3 Å². The molecule has 1 aromatic heterocycles. The number of halogens is 1. The van der Waals surface area contributed by atoms with Crippen molar-refractivity contribution in [2.45, 2.75) is 19.4 Å². The first kappa shape index (κ1) is 17.8. The van der Waals surface area contributed by atoms with E-state index in [-0.39, 0.29) is 22.7 Å². The topological polar surface area (TPSA) is 75.3 Å². The van der Waals surface area contributed by atoms with Crippen LogP contribution in [0, 0.1) is 0 Å². The van der Waals surface area contributed by atoms with Gasteiger partial charge in [0.25, 0.3) is 5.91 Å². The Kier molecular flexibility index (Phi) is 5.67. The zero-order chi connectivity index (χ0) is 17.0. The van der Waals surface area contributed by atoms with Crippen molar-refractivity contribution in [2.75, 3.05) is 11.0 Å². The summed E-state index contributed by atoms with van der Waals surface area (Å²) < 4.78 is 24.9. The molecule has 1 heterocycles. The van der Waals surface area contributed by atoms with Gasteiger partial charge in [-0.15, -0.1) is 0 Å². The highest BCUT2D eigenvalue weighted by atomic mass is 35.5. The van der Waals surface area contributed by atoms with Gasteiger partial charge >= 0.3 is 0 Å². The van der Waals surface area contributed by atoms with Crippen LogP contribution in [0.1, 0.15) is 22.8 Å². The Morgan fingerprint density at radius 1 is 1.35 bits per heavy atom. The summed E-state index contributed by atoms with van der Waals surface area (Å²) in [7, 11) is -3.46. The number of benzene rings is 1. The van der Waals surface area contributed by atoms with Crippen LogP contribution in [0.15, 0.2) is 35.0 Å². The van der Waals surface area contributed by atoms with Crippen molar-refractivity contribution in [3.8, 4) is 0 Å². The average Bonchev–Trinajstić information content (AvgIpc) is 2.92. The smallest absolute Gasteiger partial charge is 0.251 e. The van der Waals surface area contributed by atoms with Gasteiger partial charge in [0.05, 0.1) is 17.0 Å². The van der Waals surface area contributed by atoms with E-state index in [2.05, 4.69) is 10.0 Å². The first-order valence-electron chi connectivity index (χ1n) is 6.84. The van der Waals surface area contributed by atoms with Crippen molar-refractivity contribution >= 4 is 44.6 Å². The van der Waals surface area contributed by atoms with Crippen LogP contribution in [0.3, 0.4) is 0 Å². The number of carbonyl (C=O) groups is 1. The molecule has 0 unspecified atom stereocenters. The normalized spacial score (nSPS) is 12.7. The second kappa shape index (κ2) is 7.33. The second-order valence-corrected chi connectivity index (χ2v) is 8.21. The molecule has 0 radical (unpaired) electrons. The monoisotopic (exact) mass is 372 g/mol. The van der Waals surface area contributed by atoms with Crippen LogP contribution in [0.2, 0.25) is 5.02 Å². The molecule has 0 saturated heterocycles. The van der Waals surface area contributed by atoms with Gasteiger partial charge in [0.15, 0.2) is 0 Å². The van der Waals surface area contributed by atoms with Crippen LogP contribution in [-0.4, -0.2) is 26.6 Å². The van der Waals surface area contributed by atoms with Crippen LogP contribution >= 0.6 is 22.9 Å². The third kappa shape index (κ3) is 5.53. The molecule has 8 heteroatoms. The standard InChI is InChI=1S/C15H17ClN2O3S2/c1-10(7-11-5-6-22-9-11)17-15(19)12-3-4-13(16)14(8-12)18-23(2,20)21/h3-6,8-10,18H,7H2,1-2H3,(H,17,19)/t10-/m0/s1. The minimum atomic E-state index is -3.46. The number of amides is 1. The summed E-state index contributed by atoms with van der Waals surface area (Å²) in [6.07, 6.45) is 1.76. The molecule has 5 nitrogen and oxygen atoms in total. The van der Waals surface area contributed by atoms with Crippen molar-refractivity contribution in [3.63, 3.8) is 0 Å². The lowest BCUT2D eigenvalue weighted by atomic mass is 10.1. The molecule has 0 aliphatic heterocycles. The summed E-state index contributed by atoms with van der Waals surface area (Å²) in [6, 6.07) is 6.45. The lowest BCUT2D eigenvalue weighted by Gasteiger charge is -2.14. The lowest BCUT2D eigenvalue weighted by Crippen LogP contribution is -2.34. The quantitative estimate of drug-likeness (QED) is 0.817. The van der Waals surface area contributed by atoms with E-state index >= 15 is 0 Å². The number of nitrogens with one attached hydrogen (secondary N) is 2.